The van der Waals surface area contributed by atoms with Gasteiger partial charge < -0.3 is 10.1 Å². The van der Waals surface area contributed by atoms with Gasteiger partial charge in [0.15, 0.2) is 5.60 Å². The Bertz CT molecular complexity index is 1240. The number of para-hydroxylation sites is 1. The van der Waals surface area contributed by atoms with Crippen molar-refractivity contribution in [2.45, 2.75) is 19.4 Å². The largest absolute Gasteiger partial charge is 0.478 e. The van der Waals surface area contributed by atoms with Gasteiger partial charge in [-0.05, 0) is 62.4 Å². The van der Waals surface area contributed by atoms with Crippen LogP contribution >= 0.6 is 46.1 Å². The number of nitrogens with one attached hydrogen (secondary N) is 1. The molecule has 0 fully saturated rings. The number of thiazole rings is 1. The number of hydrogen-bond donors (Lipinski definition) is 1. The Hall–Kier alpha value is -2.31. The summed E-state index contributed by atoms with van der Waals surface area (Å²) in [6.45, 7) is 3.36. The summed E-state index contributed by atoms with van der Waals surface area (Å²) in [6.07, 6.45) is 0. The highest BCUT2D eigenvalue weighted by Crippen LogP contribution is 2.40. The normalized spacial score (nSPS) is 11.5. The number of amides is 1. The van der Waals surface area contributed by atoms with Crippen molar-refractivity contribution in [2.24, 2.45) is 0 Å². The minimum atomic E-state index is -1.18. The SMILES string of the molecule is CC(C)(Oc1ccc(Cl)cc1)C(=O)Nc1c(Cl)cc(Cl)cc1-c1nc2ccccc2s1. The minimum Gasteiger partial charge on any atom is -0.478 e. The van der Waals surface area contributed by atoms with E-state index in [4.69, 9.17) is 39.5 Å². The number of carbonyl (C=O) groups is 1. The predicted molar refractivity (Wildman–Crippen MR) is 130 cm³/mol. The molecule has 8 heteroatoms. The van der Waals surface area contributed by atoms with Gasteiger partial charge in [-0.15, -0.1) is 11.3 Å². The van der Waals surface area contributed by atoms with Crippen LogP contribution in [-0.4, -0.2) is 16.5 Å². The van der Waals surface area contributed by atoms with Gasteiger partial charge in [0.1, 0.15) is 10.8 Å². The first kappa shape index (κ1) is 21.9. The summed E-state index contributed by atoms with van der Waals surface area (Å²) in [5.41, 5.74) is 0.765. The van der Waals surface area contributed by atoms with Crippen molar-refractivity contribution >= 4 is 68.0 Å². The van der Waals surface area contributed by atoms with E-state index in [9.17, 15) is 4.79 Å². The van der Waals surface area contributed by atoms with Gasteiger partial charge in [-0.3, -0.25) is 4.79 Å². The van der Waals surface area contributed by atoms with Crippen molar-refractivity contribution in [1.29, 1.82) is 0 Å². The summed E-state index contributed by atoms with van der Waals surface area (Å²) in [4.78, 5) is 17.8. The molecule has 158 valence electrons. The molecule has 0 spiro atoms. The molecule has 1 aromatic heterocycles. The number of rotatable bonds is 5. The molecule has 0 aliphatic rings. The lowest BCUT2D eigenvalue weighted by Crippen LogP contribution is -2.42. The van der Waals surface area contributed by atoms with Crippen molar-refractivity contribution in [2.75, 3.05) is 5.32 Å². The molecule has 4 rings (SSSR count). The van der Waals surface area contributed by atoms with Gasteiger partial charge in [0.05, 0.1) is 20.9 Å². The fraction of sp³-hybridized carbons (Fsp3) is 0.130. The number of carbonyl (C=O) groups excluding carboxylic acids is 1. The Labute approximate surface area is 198 Å². The number of ether oxygens (including phenoxy) is 1. The zero-order valence-electron chi connectivity index (χ0n) is 16.6. The van der Waals surface area contributed by atoms with Gasteiger partial charge in [0.2, 0.25) is 0 Å². The third-order valence-electron chi connectivity index (χ3n) is 4.55. The molecule has 0 radical (unpaired) electrons. The van der Waals surface area contributed by atoms with Gasteiger partial charge in [-0.1, -0.05) is 46.9 Å². The van der Waals surface area contributed by atoms with Crippen LogP contribution in [0.5, 0.6) is 5.75 Å². The van der Waals surface area contributed by atoms with Crippen molar-refractivity contribution < 1.29 is 9.53 Å². The van der Waals surface area contributed by atoms with Crippen LogP contribution in [-0.2, 0) is 4.79 Å². The van der Waals surface area contributed by atoms with Gasteiger partial charge in [-0.2, -0.15) is 0 Å². The van der Waals surface area contributed by atoms with Crippen LogP contribution in [0, 0.1) is 0 Å². The van der Waals surface area contributed by atoms with Crippen LogP contribution in [0.1, 0.15) is 13.8 Å². The van der Waals surface area contributed by atoms with Crippen LogP contribution in [0.15, 0.2) is 60.7 Å². The molecule has 1 amide bonds. The zero-order valence-corrected chi connectivity index (χ0v) is 19.7. The van der Waals surface area contributed by atoms with E-state index in [0.717, 1.165) is 10.2 Å². The molecular weight excluding hydrogens is 475 g/mol. The fourth-order valence-corrected chi connectivity index (χ4v) is 4.62. The number of hydrogen-bond acceptors (Lipinski definition) is 4. The van der Waals surface area contributed by atoms with E-state index in [1.165, 1.54) is 11.3 Å². The summed E-state index contributed by atoms with van der Waals surface area (Å²) in [6, 6.07) is 17.9. The summed E-state index contributed by atoms with van der Waals surface area (Å²) >= 11 is 20.2. The topological polar surface area (TPSA) is 51.2 Å². The molecule has 0 saturated heterocycles. The van der Waals surface area contributed by atoms with Gasteiger partial charge in [0.25, 0.3) is 5.91 Å². The van der Waals surface area contributed by atoms with Crippen molar-refractivity contribution in [1.82, 2.24) is 4.98 Å². The smallest absolute Gasteiger partial charge is 0.268 e. The van der Waals surface area contributed by atoms with Crippen LogP contribution in [0.2, 0.25) is 15.1 Å². The Morgan fingerprint density at radius 3 is 2.42 bits per heavy atom. The Morgan fingerprint density at radius 1 is 1.00 bits per heavy atom. The molecule has 4 nitrogen and oxygen atoms in total. The highest BCUT2D eigenvalue weighted by molar-refractivity contribution is 7.21. The Balaban J connectivity index is 1.67. The van der Waals surface area contributed by atoms with Crippen LogP contribution in [0.4, 0.5) is 5.69 Å². The molecular formula is C23H17Cl3N2O2S. The third kappa shape index (κ3) is 4.80. The van der Waals surface area contributed by atoms with Gasteiger partial charge in [0, 0.05) is 15.6 Å². The summed E-state index contributed by atoms with van der Waals surface area (Å²) < 4.78 is 6.92. The number of nitrogens with zero attached hydrogens (tertiary/aromatic N) is 1. The second-order valence-corrected chi connectivity index (χ2v) is 9.63. The molecule has 0 saturated carbocycles. The predicted octanol–water partition coefficient (Wildman–Crippen LogP) is 7.72. The summed E-state index contributed by atoms with van der Waals surface area (Å²) in [5.74, 6) is 0.159. The standard InChI is InChI=1S/C23H17Cl3N2O2S/c1-23(2,30-15-9-7-13(24)8-10-15)22(29)28-20-16(11-14(25)12-17(20)26)21-27-18-5-3-4-6-19(18)31-21/h3-12H,1-2H3,(H,28,29). The second kappa shape index (κ2) is 8.67. The minimum absolute atomic E-state index is 0.317. The average molecular weight is 492 g/mol. The van der Waals surface area contributed by atoms with Crippen molar-refractivity contribution in [3.63, 3.8) is 0 Å². The van der Waals surface area contributed by atoms with E-state index in [-0.39, 0.29) is 5.91 Å². The molecule has 1 heterocycles. The van der Waals surface area contributed by atoms with Crippen molar-refractivity contribution in [3.8, 4) is 16.3 Å². The highest BCUT2D eigenvalue weighted by atomic mass is 35.5. The van der Waals surface area contributed by atoms with E-state index < -0.39 is 5.60 Å². The molecule has 0 bridgehead atoms. The van der Waals surface area contributed by atoms with E-state index in [0.29, 0.717) is 37.1 Å². The van der Waals surface area contributed by atoms with Crippen LogP contribution in [0.3, 0.4) is 0 Å². The Kier molecular flexibility index (Phi) is 6.13. The lowest BCUT2D eigenvalue weighted by Gasteiger charge is -2.26. The molecule has 3 aromatic carbocycles. The molecule has 0 aliphatic heterocycles. The number of anilines is 1. The zero-order chi connectivity index (χ0) is 22.2. The van der Waals surface area contributed by atoms with Gasteiger partial charge >= 0.3 is 0 Å². The maximum atomic E-state index is 13.1. The molecule has 4 aromatic rings. The average Bonchev–Trinajstić information content (AvgIpc) is 3.15. The maximum absolute atomic E-state index is 13.1. The first-order chi connectivity index (χ1) is 14.7. The van der Waals surface area contributed by atoms with E-state index in [1.807, 2.05) is 24.3 Å². The number of aromatic nitrogens is 1. The van der Waals surface area contributed by atoms with E-state index in [1.54, 1.807) is 50.2 Å². The number of halogens is 3. The first-order valence-corrected chi connectivity index (χ1v) is 11.3. The van der Waals surface area contributed by atoms with E-state index >= 15 is 0 Å². The van der Waals surface area contributed by atoms with Gasteiger partial charge in [-0.25, -0.2) is 4.98 Å². The molecule has 31 heavy (non-hydrogen) atoms. The Morgan fingerprint density at radius 2 is 1.71 bits per heavy atom. The molecule has 1 N–H and O–H groups in total. The highest BCUT2D eigenvalue weighted by Gasteiger charge is 2.31. The quantitative estimate of drug-likeness (QED) is 0.311. The molecule has 0 unspecified atom stereocenters. The molecule has 0 aliphatic carbocycles. The number of fused-ring (bicyclic) bond motifs is 1. The van der Waals surface area contributed by atoms with E-state index in [2.05, 4.69) is 10.3 Å². The fourth-order valence-electron chi connectivity index (χ4n) is 2.96. The second-order valence-electron chi connectivity index (χ2n) is 7.32. The lowest BCUT2D eigenvalue weighted by molar-refractivity contribution is -0.128. The maximum Gasteiger partial charge on any atom is 0.268 e. The third-order valence-corrected chi connectivity index (χ3v) is 6.39. The number of benzene rings is 3. The summed E-state index contributed by atoms with van der Waals surface area (Å²) in [5, 5.41) is 4.97. The first-order valence-electron chi connectivity index (χ1n) is 9.34. The van der Waals surface area contributed by atoms with Crippen LogP contribution < -0.4 is 10.1 Å². The summed E-state index contributed by atoms with van der Waals surface area (Å²) in [7, 11) is 0. The van der Waals surface area contributed by atoms with Crippen LogP contribution in [0.25, 0.3) is 20.8 Å². The molecule has 0 atom stereocenters. The lowest BCUT2D eigenvalue weighted by atomic mass is 10.1. The van der Waals surface area contributed by atoms with Crippen molar-refractivity contribution in [3.05, 3.63) is 75.7 Å². The monoisotopic (exact) mass is 490 g/mol.